The summed E-state index contributed by atoms with van der Waals surface area (Å²) in [5.41, 5.74) is 0.960. The molecule has 1 aliphatic heterocycles. The third-order valence-corrected chi connectivity index (χ3v) is 4.04. The van der Waals surface area contributed by atoms with Gasteiger partial charge in [-0.2, -0.15) is 0 Å². The number of pyridine rings is 1. The molecule has 0 bridgehead atoms. The van der Waals surface area contributed by atoms with Gasteiger partial charge >= 0.3 is 0 Å². The Morgan fingerprint density at radius 3 is 2.95 bits per heavy atom. The van der Waals surface area contributed by atoms with E-state index in [9.17, 15) is 0 Å². The minimum Gasteiger partial charge on any atom is -0.487 e. The lowest BCUT2D eigenvalue weighted by molar-refractivity contribution is 0.208. The summed E-state index contributed by atoms with van der Waals surface area (Å²) < 4.78 is 6.10. The van der Waals surface area contributed by atoms with Crippen molar-refractivity contribution in [1.29, 1.82) is 0 Å². The number of rotatable bonds is 3. The Kier molecular flexibility index (Phi) is 4.80. The fraction of sp³-hybridized carbons (Fsp3) is 0.357. The van der Waals surface area contributed by atoms with Crippen molar-refractivity contribution in [3.05, 3.63) is 35.8 Å². The molecule has 3 heterocycles. The number of likely N-dealkylation sites (tertiary alicyclic amines) is 1. The van der Waals surface area contributed by atoms with Gasteiger partial charge in [0.25, 0.3) is 0 Å². The molecule has 1 aliphatic rings. The lowest BCUT2D eigenvalue weighted by atomic mass is 10.2. The van der Waals surface area contributed by atoms with Crippen LogP contribution in [0.25, 0.3) is 10.6 Å². The minimum atomic E-state index is 0. The predicted octanol–water partition coefficient (Wildman–Crippen LogP) is 3.31. The van der Waals surface area contributed by atoms with E-state index < -0.39 is 0 Å². The highest BCUT2D eigenvalue weighted by Crippen LogP contribution is 2.32. The largest absolute Gasteiger partial charge is 0.487 e. The maximum atomic E-state index is 6.10. The molecule has 1 saturated heterocycles. The van der Waals surface area contributed by atoms with E-state index >= 15 is 0 Å². The lowest BCUT2D eigenvalue weighted by Crippen LogP contribution is -2.21. The van der Waals surface area contributed by atoms with Crippen LogP contribution in [0.1, 0.15) is 6.42 Å². The van der Waals surface area contributed by atoms with Crippen LogP contribution in [-0.2, 0) is 0 Å². The first-order valence-corrected chi connectivity index (χ1v) is 7.05. The first-order valence-electron chi connectivity index (χ1n) is 6.17. The van der Waals surface area contributed by atoms with E-state index in [1.165, 1.54) is 0 Å². The maximum Gasteiger partial charge on any atom is 0.146 e. The van der Waals surface area contributed by atoms with Gasteiger partial charge in [0, 0.05) is 19.3 Å². The van der Waals surface area contributed by atoms with E-state index in [-0.39, 0.29) is 18.5 Å². The van der Waals surface area contributed by atoms with Gasteiger partial charge in [-0.05, 0) is 37.0 Å². The molecule has 5 heteroatoms. The number of likely N-dealkylation sites (N-methyl/N-ethyl adjacent to an activating group) is 1. The molecule has 3 rings (SSSR count). The normalized spacial score (nSPS) is 19.1. The van der Waals surface area contributed by atoms with Crippen molar-refractivity contribution in [2.75, 3.05) is 20.1 Å². The first-order chi connectivity index (χ1) is 8.83. The van der Waals surface area contributed by atoms with Crippen LogP contribution in [0.5, 0.6) is 5.75 Å². The fourth-order valence-corrected chi connectivity index (χ4v) is 2.98. The zero-order valence-electron chi connectivity index (χ0n) is 10.8. The number of halogens is 1. The van der Waals surface area contributed by atoms with Crippen molar-refractivity contribution in [2.45, 2.75) is 12.5 Å². The van der Waals surface area contributed by atoms with Crippen LogP contribution in [-0.4, -0.2) is 36.1 Å². The van der Waals surface area contributed by atoms with Gasteiger partial charge in [0.05, 0.1) is 4.88 Å². The number of ether oxygens (including phenoxy) is 1. The molecule has 0 amide bonds. The second-order valence-electron chi connectivity index (χ2n) is 4.62. The molecule has 1 atom stereocenters. The quantitative estimate of drug-likeness (QED) is 0.869. The monoisotopic (exact) mass is 296 g/mol. The molecule has 0 aromatic carbocycles. The van der Waals surface area contributed by atoms with Gasteiger partial charge in [0.1, 0.15) is 17.5 Å². The van der Waals surface area contributed by atoms with E-state index in [1.807, 2.05) is 24.4 Å². The second kappa shape index (κ2) is 6.37. The second-order valence-corrected chi connectivity index (χ2v) is 5.57. The van der Waals surface area contributed by atoms with Crippen molar-refractivity contribution < 1.29 is 4.74 Å². The van der Waals surface area contributed by atoms with Crippen LogP contribution in [0, 0.1) is 0 Å². The molecular formula is C14H17ClN2OS. The highest BCUT2D eigenvalue weighted by atomic mass is 35.5. The van der Waals surface area contributed by atoms with Crippen molar-refractivity contribution in [2.24, 2.45) is 0 Å². The minimum absolute atomic E-state index is 0. The molecule has 3 nitrogen and oxygen atoms in total. The molecule has 19 heavy (non-hydrogen) atoms. The molecule has 0 unspecified atom stereocenters. The van der Waals surface area contributed by atoms with Crippen LogP contribution in [0.15, 0.2) is 35.8 Å². The SMILES string of the molecule is CN1CC[C@@H](Oc2cccnc2-c2cccs2)C1.Cl. The summed E-state index contributed by atoms with van der Waals surface area (Å²) in [4.78, 5) is 7.92. The summed E-state index contributed by atoms with van der Waals surface area (Å²) in [5.74, 6) is 0.903. The maximum absolute atomic E-state index is 6.10. The standard InChI is InChI=1S/C14H16N2OS.ClH/c1-16-8-6-11(10-16)17-12-4-2-7-15-14(12)13-5-3-9-18-13;/h2-5,7,9,11H,6,8,10H2,1H3;1H/t11-;/m1./s1. The number of hydrogen-bond donors (Lipinski definition) is 0. The molecule has 1 fully saturated rings. The highest BCUT2D eigenvalue weighted by molar-refractivity contribution is 7.13. The third kappa shape index (κ3) is 3.26. The van der Waals surface area contributed by atoms with Crippen LogP contribution in [0.3, 0.4) is 0 Å². The summed E-state index contributed by atoms with van der Waals surface area (Å²) in [6.45, 7) is 2.11. The van der Waals surface area contributed by atoms with E-state index in [2.05, 4.69) is 28.4 Å². The smallest absolute Gasteiger partial charge is 0.146 e. The topological polar surface area (TPSA) is 25.4 Å². The van der Waals surface area contributed by atoms with Crippen molar-refractivity contribution in [3.8, 4) is 16.3 Å². The Labute approximate surface area is 123 Å². The van der Waals surface area contributed by atoms with Gasteiger partial charge < -0.3 is 9.64 Å². The van der Waals surface area contributed by atoms with Crippen LogP contribution >= 0.6 is 23.7 Å². The van der Waals surface area contributed by atoms with Gasteiger partial charge in [0.15, 0.2) is 0 Å². The van der Waals surface area contributed by atoms with Gasteiger partial charge in [0.2, 0.25) is 0 Å². The Balaban J connectivity index is 0.00000133. The molecule has 0 radical (unpaired) electrons. The number of nitrogens with zero attached hydrogens (tertiary/aromatic N) is 2. The summed E-state index contributed by atoms with van der Waals surface area (Å²) in [6.07, 6.45) is 3.20. The van der Waals surface area contributed by atoms with Gasteiger partial charge in [-0.25, -0.2) is 0 Å². The molecule has 0 saturated carbocycles. The van der Waals surface area contributed by atoms with Crippen LogP contribution in [0.2, 0.25) is 0 Å². The Morgan fingerprint density at radius 1 is 1.37 bits per heavy atom. The molecule has 0 spiro atoms. The zero-order valence-corrected chi connectivity index (χ0v) is 12.4. The summed E-state index contributed by atoms with van der Waals surface area (Å²) >= 11 is 1.70. The molecule has 2 aromatic rings. The Hall–Kier alpha value is -1.10. The fourth-order valence-electron chi connectivity index (χ4n) is 2.25. The van der Waals surface area contributed by atoms with Gasteiger partial charge in [-0.15, -0.1) is 23.7 Å². The third-order valence-electron chi connectivity index (χ3n) is 3.17. The first kappa shape index (κ1) is 14.3. The predicted molar refractivity (Wildman–Crippen MR) is 81.3 cm³/mol. The molecular weight excluding hydrogens is 280 g/mol. The number of thiophene rings is 1. The molecule has 2 aromatic heterocycles. The molecule has 0 aliphatic carbocycles. The average molecular weight is 297 g/mol. The highest BCUT2D eigenvalue weighted by Gasteiger charge is 2.22. The Bertz CT molecular complexity index is 518. The molecule has 102 valence electrons. The van der Waals surface area contributed by atoms with E-state index in [1.54, 1.807) is 11.3 Å². The van der Waals surface area contributed by atoms with Gasteiger partial charge in [-0.3, -0.25) is 4.98 Å². The van der Waals surface area contributed by atoms with Crippen molar-refractivity contribution in [1.82, 2.24) is 9.88 Å². The summed E-state index contributed by atoms with van der Waals surface area (Å²) in [5, 5.41) is 2.07. The summed E-state index contributed by atoms with van der Waals surface area (Å²) in [7, 11) is 2.13. The average Bonchev–Trinajstić information content (AvgIpc) is 3.02. The van der Waals surface area contributed by atoms with E-state index in [4.69, 9.17) is 4.74 Å². The number of aromatic nitrogens is 1. The van der Waals surface area contributed by atoms with Crippen LogP contribution < -0.4 is 4.74 Å². The van der Waals surface area contributed by atoms with Crippen LogP contribution in [0.4, 0.5) is 0 Å². The van der Waals surface area contributed by atoms with E-state index in [0.717, 1.165) is 35.8 Å². The molecule has 0 N–H and O–H groups in total. The van der Waals surface area contributed by atoms with Crippen molar-refractivity contribution in [3.63, 3.8) is 0 Å². The van der Waals surface area contributed by atoms with Gasteiger partial charge in [-0.1, -0.05) is 6.07 Å². The lowest BCUT2D eigenvalue weighted by Gasteiger charge is -2.15. The number of hydrogen-bond acceptors (Lipinski definition) is 4. The zero-order chi connectivity index (χ0) is 12.4. The Morgan fingerprint density at radius 2 is 2.26 bits per heavy atom. The summed E-state index contributed by atoms with van der Waals surface area (Å²) in [6, 6.07) is 8.08. The van der Waals surface area contributed by atoms with E-state index in [0.29, 0.717) is 0 Å². The van der Waals surface area contributed by atoms with Crippen molar-refractivity contribution >= 4 is 23.7 Å².